The number of aliphatic hydroxyl groups is 1. The first-order valence-corrected chi connectivity index (χ1v) is 7.55. The summed E-state index contributed by atoms with van der Waals surface area (Å²) in [4.78, 5) is 0.984. The first-order chi connectivity index (χ1) is 8.01. The van der Waals surface area contributed by atoms with Crippen LogP contribution in [-0.4, -0.2) is 32.9 Å². The van der Waals surface area contributed by atoms with Gasteiger partial charge in [-0.2, -0.15) is 0 Å². The molecule has 0 bridgehead atoms. The highest BCUT2D eigenvalue weighted by molar-refractivity contribution is 7.99. The average molecular weight is 276 g/mol. The van der Waals surface area contributed by atoms with Crippen LogP contribution in [0.4, 0.5) is 5.69 Å². The van der Waals surface area contributed by atoms with Crippen molar-refractivity contribution in [1.82, 2.24) is 4.72 Å². The van der Waals surface area contributed by atoms with Crippen LogP contribution in [0.25, 0.3) is 0 Å². The zero-order valence-electron chi connectivity index (χ0n) is 9.51. The Labute approximate surface area is 105 Å². The molecule has 0 spiro atoms. The highest BCUT2D eigenvalue weighted by Gasteiger charge is 2.15. The Morgan fingerprint density at radius 3 is 2.71 bits per heavy atom. The Balaban J connectivity index is 2.87. The summed E-state index contributed by atoms with van der Waals surface area (Å²) in [6.07, 6.45) is 0.696. The molecule has 5 nitrogen and oxygen atoms in total. The second kappa shape index (κ2) is 6.25. The third kappa shape index (κ3) is 3.88. The van der Waals surface area contributed by atoms with E-state index < -0.39 is 10.0 Å². The van der Waals surface area contributed by atoms with Crippen molar-refractivity contribution in [3.05, 3.63) is 18.2 Å². The van der Waals surface area contributed by atoms with Crippen LogP contribution in [0.2, 0.25) is 0 Å². The Morgan fingerprint density at radius 1 is 1.47 bits per heavy atom. The molecule has 4 N–H and O–H groups in total. The fraction of sp³-hybridized carbons (Fsp3) is 0.400. The molecule has 0 aliphatic rings. The van der Waals surface area contributed by atoms with Crippen molar-refractivity contribution in [3.8, 4) is 0 Å². The lowest BCUT2D eigenvalue weighted by atomic mass is 10.3. The van der Waals surface area contributed by atoms with E-state index in [0.717, 1.165) is 10.6 Å². The summed E-state index contributed by atoms with van der Waals surface area (Å²) in [5.74, 6) is 0.772. The molecular weight excluding hydrogens is 260 g/mol. The van der Waals surface area contributed by atoms with E-state index in [2.05, 4.69) is 4.72 Å². The molecule has 0 aliphatic heterocycles. The van der Waals surface area contributed by atoms with Gasteiger partial charge in [-0.3, -0.25) is 0 Å². The first kappa shape index (κ1) is 14.3. The number of hydrogen-bond donors (Lipinski definition) is 3. The number of benzene rings is 1. The zero-order chi connectivity index (χ0) is 12.9. The largest absolute Gasteiger partial charge is 0.398 e. The van der Waals surface area contributed by atoms with Gasteiger partial charge in [-0.25, -0.2) is 13.1 Å². The molecule has 0 aliphatic carbocycles. The van der Waals surface area contributed by atoms with E-state index >= 15 is 0 Å². The summed E-state index contributed by atoms with van der Waals surface area (Å²) in [6.45, 7) is 0.148. The van der Waals surface area contributed by atoms with Crippen molar-refractivity contribution in [1.29, 1.82) is 0 Å². The summed E-state index contributed by atoms with van der Waals surface area (Å²) in [5, 5.41) is 8.66. The first-order valence-electron chi connectivity index (χ1n) is 5.08. The molecule has 17 heavy (non-hydrogen) atoms. The van der Waals surface area contributed by atoms with Crippen LogP contribution in [0.15, 0.2) is 28.0 Å². The number of nitrogens with one attached hydrogen (secondary N) is 1. The normalized spacial score (nSPS) is 11.6. The van der Waals surface area contributed by atoms with Crippen LogP contribution in [0, 0.1) is 0 Å². The van der Waals surface area contributed by atoms with E-state index in [0.29, 0.717) is 6.42 Å². The van der Waals surface area contributed by atoms with Gasteiger partial charge in [0.05, 0.1) is 5.69 Å². The molecule has 0 radical (unpaired) electrons. The van der Waals surface area contributed by atoms with Gasteiger partial charge in [0.15, 0.2) is 0 Å². The van der Waals surface area contributed by atoms with Crippen molar-refractivity contribution in [2.24, 2.45) is 0 Å². The maximum absolute atomic E-state index is 11.6. The van der Waals surface area contributed by atoms with Crippen molar-refractivity contribution in [3.63, 3.8) is 0 Å². The number of aliphatic hydroxyl groups excluding tert-OH is 1. The third-order valence-electron chi connectivity index (χ3n) is 2.11. The molecule has 0 saturated carbocycles. The smallest absolute Gasteiger partial charge is 0.242 e. The van der Waals surface area contributed by atoms with Gasteiger partial charge in [0.1, 0.15) is 4.90 Å². The SMILES string of the molecule is CNS(=O)(=O)c1ccc(SCCCO)cc1N. The molecule has 0 unspecified atom stereocenters. The summed E-state index contributed by atoms with van der Waals surface area (Å²) in [5.41, 5.74) is 5.94. The predicted octanol–water partition coefficient (Wildman–Crippen LogP) is 0.651. The van der Waals surface area contributed by atoms with E-state index in [1.54, 1.807) is 12.1 Å². The Bertz CT molecular complexity index is 474. The van der Waals surface area contributed by atoms with Crippen molar-refractivity contribution < 1.29 is 13.5 Å². The number of thioether (sulfide) groups is 1. The topological polar surface area (TPSA) is 92.4 Å². The minimum atomic E-state index is -3.50. The van der Waals surface area contributed by atoms with E-state index in [-0.39, 0.29) is 17.2 Å². The van der Waals surface area contributed by atoms with E-state index in [1.807, 2.05) is 0 Å². The number of rotatable bonds is 6. The monoisotopic (exact) mass is 276 g/mol. The molecule has 0 atom stereocenters. The highest BCUT2D eigenvalue weighted by atomic mass is 32.2. The number of nitrogens with two attached hydrogens (primary N) is 1. The van der Waals surface area contributed by atoms with Gasteiger partial charge >= 0.3 is 0 Å². The van der Waals surface area contributed by atoms with Crippen molar-refractivity contribution in [2.45, 2.75) is 16.2 Å². The van der Waals surface area contributed by atoms with Crippen molar-refractivity contribution >= 4 is 27.5 Å². The van der Waals surface area contributed by atoms with Gasteiger partial charge in [-0.1, -0.05) is 0 Å². The summed E-state index contributed by atoms with van der Waals surface area (Å²) in [7, 11) is -2.15. The molecule has 0 fully saturated rings. The molecular formula is C10H16N2O3S2. The maximum atomic E-state index is 11.6. The minimum Gasteiger partial charge on any atom is -0.398 e. The number of sulfonamides is 1. The van der Waals surface area contributed by atoms with Gasteiger partial charge < -0.3 is 10.8 Å². The van der Waals surface area contributed by atoms with Gasteiger partial charge in [-0.15, -0.1) is 11.8 Å². The minimum absolute atomic E-state index is 0.0894. The quantitative estimate of drug-likeness (QED) is 0.403. The average Bonchev–Trinajstić information content (AvgIpc) is 2.29. The second-order valence-corrected chi connectivity index (χ2v) is 6.36. The summed E-state index contributed by atoms with van der Waals surface area (Å²) < 4.78 is 25.3. The molecule has 0 saturated heterocycles. The molecule has 1 aromatic rings. The standard InChI is InChI=1S/C10H16N2O3S2/c1-12-17(14,15)10-4-3-8(7-9(10)11)16-6-2-5-13/h3-4,7,12-13H,2,5-6,11H2,1H3. The predicted molar refractivity (Wildman–Crippen MR) is 69.5 cm³/mol. The second-order valence-electron chi connectivity index (χ2n) is 3.33. The van der Waals surface area contributed by atoms with E-state index in [1.165, 1.54) is 24.9 Å². The van der Waals surface area contributed by atoms with Crippen LogP contribution in [0.5, 0.6) is 0 Å². The molecule has 0 aromatic heterocycles. The van der Waals surface area contributed by atoms with Gasteiger partial charge in [0.2, 0.25) is 10.0 Å². The van der Waals surface area contributed by atoms with Crippen LogP contribution in [-0.2, 0) is 10.0 Å². The lowest BCUT2D eigenvalue weighted by Gasteiger charge is -2.08. The summed E-state index contributed by atoms with van der Waals surface area (Å²) >= 11 is 1.53. The Morgan fingerprint density at radius 2 is 2.18 bits per heavy atom. The molecule has 96 valence electrons. The fourth-order valence-electron chi connectivity index (χ4n) is 1.23. The molecule has 0 heterocycles. The number of nitrogen functional groups attached to an aromatic ring is 1. The lowest BCUT2D eigenvalue weighted by molar-refractivity contribution is 0.296. The molecule has 1 rings (SSSR count). The molecule has 7 heteroatoms. The van der Waals surface area contributed by atoms with Crippen molar-refractivity contribution in [2.75, 3.05) is 25.1 Å². The third-order valence-corrected chi connectivity index (χ3v) is 4.68. The van der Waals surface area contributed by atoms with Gasteiger partial charge in [0.25, 0.3) is 0 Å². The summed E-state index contributed by atoms with van der Waals surface area (Å²) in [6, 6.07) is 4.83. The van der Waals surface area contributed by atoms with Gasteiger partial charge in [0, 0.05) is 17.3 Å². The zero-order valence-corrected chi connectivity index (χ0v) is 11.1. The number of hydrogen-bond acceptors (Lipinski definition) is 5. The van der Waals surface area contributed by atoms with E-state index in [9.17, 15) is 8.42 Å². The number of anilines is 1. The van der Waals surface area contributed by atoms with Crippen LogP contribution in [0.1, 0.15) is 6.42 Å². The van der Waals surface area contributed by atoms with Crippen LogP contribution in [0.3, 0.4) is 0 Å². The van der Waals surface area contributed by atoms with Crippen LogP contribution < -0.4 is 10.5 Å². The van der Waals surface area contributed by atoms with Crippen LogP contribution >= 0.6 is 11.8 Å². The van der Waals surface area contributed by atoms with E-state index in [4.69, 9.17) is 10.8 Å². The Kier molecular flexibility index (Phi) is 5.26. The van der Waals surface area contributed by atoms with Gasteiger partial charge in [-0.05, 0) is 31.7 Å². The lowest BCUT2D eigenvalue weighted by Crippen LogP contribution is -2.19. The maximum Gasteiger partial charge on any atom is 0.242 e. The molecule has 0 amide bonds. The molecule has 1 aromatic carbocycles. The highest BCUT2D eigenvalue weighted by Crippen LogP contribution is 2.26. The fourth-order valence-corrected chi connectivity index (χ4v) is 2.95. The Hall–Kier alpha value is -0.760.